The third-order valence-electron chi connectivity index (χ3n) is 8.51. The normalized spacial score (nSPS) is 24.4. The topological polar surface area (TPSA) is 79.8 Å². The Bertz CT molecular complexity index is 1470. The second-order valence-corrected chi connectivity index (χ2v) is 11.4. The van der Waals surface area contributed by atoms with Crippen LogP contribution in [0, 0.1) is 24.6 Å². The number of hydrogen-bond acceptors (Lipinski definition) is 7. The number of aryl methyl sites for hydroxylation is 1. The Labute approximate surface area is 238 Å². The highest BCUT2D eigenvalue weighted by Gasteiger charge is 2.49. The van der Waals surface area contributed by atoms with Gasteiger partial charge in [0.05, 0.1) is 23.3 Å². The van der Waals surface area contributed by atoms with Crippen molar-refractivity contribution in [3.8, 4) is 11.5 Å². The molecule has 4 fully saturated rings. The summed E-state index contributed by atoms with van der Waals surface area (Å²) in [6, 6.07) is 7.37. The number of carbonyl (C=O) groups is 1. The lowest BCUT2D eigenvalue weighted by Gasteiger charge is -2.52. The Morgan fingerprint density at radius 3 is 2.73 bits per heavy atom. The third-order valence-corrected chi connectivity index (χ3v) is 8.97. The molecule has 4 aliphatic rings. The molecular formula is C30H33ClFN5O3. The number of nitrogens with one attached hydrogen (secondary N) is 1. The fourth-order valence-corrected chi connectivity index (χ4v) is 6.29. The van der Waals surface area contributed by atoms with Gasteiger partial charge in [0.25, 0.3) is 0 Å². The molecule has 1 aliphatic carbocycles. The summed E-state index contributed by atoms with van der Waals surface area (Å²) in [6.45, 7) is 4.17. The SMILES string of the molecule is COc1cc2ncnc(Nc3ccc(C)c(Cl)c3F)c2cc1OC1C2CC1CN(C(=O)/C=C/C1CCCN1C)C2. The number of carbonyl (C=O) groups excluding carboxylic acids is 1. The molecule has 1 N–H and O–H groups in total. The molecule has 8 nitrogen and oxygen atoms in total. The second-order valence-electron chi connectivity index (χ2n) is 11.1. The van der Waals surface area contributed by atoms with Crippen LogP contribution >= 0.6 is 11.6 Å². The minimum atomic E-state index is -0.537. The maximum absolute atomic E-state index is 14.8. The summed E-state index contributed by atoms with van der Waals surface area (Å²) in [6.07, 6.45) is 8.50. The van der Waals surface area contributed by atoms with Gasteiger partial charge >= 0.3 is 0 Å². The Morgan fingerprint density at radius 1 is 1.20 bits per heavy atom. The summed E-state index contributed by atoms with van der Waals surface area (Å²) in [5.74, 6) is 1.60. The standard InChI is InChI=1S/C30H33ClFN5O3/c1-17-6-8-22(28(32)27(17)31)35-30-21-12-25(24(39-3)13-23(21)33-16-34-30)40-29-18-11-19(29)15-37(14-18)26(38)9-7-20-5-4-10-36(20)2/h6-9,12-13,16,18-20,29H,4-5,10-11,14-15H2,1-3H3,(H,33,34,35)/b9-7+. The van der Waals surface area contributed by atoms with Crippen molar-refractivity contribution in [3.05, 3.63) is 59.1 Å². The second kappa shape index (κ2) is 10.9. The van der Waals surface area contributed by atoms with Crippen molar-refractivity contribution in [1.82, 2.24) is 19.8 Å². The van der Waals surface area contributed by atoms with Crippen LogP contribution in [0.3, 0.4) is 0 Å². The van der Waals surface area contributed by atoms with Gasteiger partial charge in [0.15, 0.2) is 17.3 Å². The lowest BCUT2D eigenvalue weighted by molar-refractivity contribution is -0.142. The Morgan fingerprint density at radius 2 is 2.00 bits per heavy atom. The third kappa shape index (κ3) is 4.97. The molecular weight excluding hydrogens is 533 g/mol. The van der Waals surface area contributed by atoms with Crippen molar-refractivity contribution in [2.75, 3.05) is 39.1 Å². The maximum Gasteiger partial charge on any atom is 0.246 e. The van der Waals surface area contributed by atoms with Gasteiger partial charge in [-0.25, -0.2) is 14.4 Å². The summed E-state index contributed by atoms with van der Waals surface area (Å²) in [7, 11) is 3.70. The van der Waals surface area contributed by atoms with E-state index in [1.165, 1.54) is 12.7 Å². The van der Waals surface area contributed by atoms with E-state index in [0.717, 1.165) is 19.4 Å². The molecule has 40 heavy (non-hydrogen) atoms. The average Bonchev–Trinajstić information content (AvgIpc) is 3.38. The molecule has 3 saturated heterocycles. The molecule has 0 spiro atoms. The largest absolute Gasteiger partial charge is 0.493 e. The van der Waals surface area contributed by atoms with Crippen LogP contribution in [-0.4, -0.2) is 71.6 Å². The van der Waals surface area contributed by atoms with E-state index in [9.17, 15) is 9.18 Å². The molecule has 1 aromatic heterocycles. The molecule has 4 heterocycles. The van der Waals surface area contributed by atoms with Gasteiger partial charge in [-0.2, -0.15) is 0 Å². The van der Waals surface area contributed by atoms with Gasteiger partial charge in [0, 0.05) is 48.5 Å². The van der Waals surface area contributed by atoms with E-state index in [1.807, 2.05) is 17.0 Å². The van der Waals surface area contributed by atoms with Crippen LogP contribution in [0.2, 0.25) is 5.02 Å². The number of methoxy groups -OCH3 is 1. The molecule has 0 radical (unpaired) electrons. The fourth-order valence-electron chi connectivity index (χ4n) is 6.13. The number of nitrogens with zero attached hydrogens (tertiary/aromatic N) is 4. The number of amides is 1. The quantitative estimate of drug-likeness (QED) is 0.386. The highest BCUT2D eigenvalue weighted by Crippen LogP contribution is 2.45. The van der Waals surface area contributed by atoms with E-state index >= 15 is 0 Å². The number of ether oxygens (including phenoxy) is 2. The summed E-state index contributed by atoms with van der Waals surface area (Å²) < 4.78 is 27.0. The van der Waals surface area contributed by atoms with Crippen LogP contribution in [0.4, 0.5) is 15.9 Å². The number of likely N-dealkylation sites (tertiary alicyclic amines) is 1. The summed E-state index contributed by atoms with van der Waals surface area (Å²) in [4.78, 5) is 25.9. The zero-order valence-electron chi connectivity index (χ0n) is 22.9. The first-order valence-corrected chi connectivity index (χ1v) is 14.1. The molecule has 10 heteroatoms. The molecule has 3 aliphatic heterocycles. The van der Waals surface area contributed by atoms with E-state index in [-0.39, 0.29) is 34.6 Å². The predicted octanol–water partition coefficient (Wildman–Crippen LogP) is 5.36. The number of rotatable bonds is 7. The lowest BCUT2D eigenvalue weighted by atomic mass is 9.68. The Balaban J connectivity index is 1.19. The minimum Gasteiger partial charge on any atom is -0.493 e. The highest BCUT2D eigenvalue weighted by atomic mass is 35.5. The zero-order chi connectivity index (χ0) is 28.0. The summed E-state index contributed by atoms with van der Waals surface area (Å²) in [5, 5.41) is 3.80. The van der Waals surface area contributed by atoms with E-state index in [2.05, 4.69) is 27.2 Å². The molecule has 7 rings (SSSR count). The van der Waals surface area contributed by atoms with Gasteiger partial charge in [-0.15, -0.1) is 0 Å². The molecule has 210 valence electrons. The van der Waals surface area contributed by atoms with Crippen LogP contribution in [0.15, 0.2) is 42.7 Å². The highest BCUT2D eigenvalue weighted by molar-refractivity contribution is 6.31. The monoisotopic (exact) mass is 565 g/mol. The van der Waals surface area contributed by atoms with E-state index in [0.29, 0.717) is 52.9 Å². The van der Waals surface area contributed by atoms with Crippen LogP contribution in [0.1, 0.15) is 24.8 Å². The van der Waals surface area contributed by atoms with Gasteiger partial charge in [0.1, 0.15) is 18.2 Å². The predicted molar refractivity (Wildman–Crippen MR) is 153 cm³/mol. The fraction of sp³-hybridized carbons (Fsp3) is 0.433. The van der Waals surface area contributed by atoms with Crippen molar-refractivity contribution in [1.29, 1.82) is 0 Å². The smallest absolute Gasteiger partial charge is 0.246 e. The van der Waals surface area contributed by atoms with Gasteiger partial charge in [-0.1, -0.05) is 23.7 Å². The Hall–Kier alpha value is -3.43. The van der Waals surface area contributed by atoms with Gasteiger partial charge in [0.2, 0.25) is 5.91 Å². The van der Waals surface area contributed by atoms with Crippen molar-refractivity contribution in [2.24, 2.45) is 11.8 Å². The molecule has 1 amide bonds. The molecule has 3 atom stereocenters. The van der Waals surface area contributed by atoms with Gasteiger partial charge in [-0.05, 0) is 57.5 Å². The van der Waals surface area contributed by atoms with Crippen LogP contribution in [-0.2, 0) is 4.79 Å². The number of piperidine rings is 2. The van der Waals surface area contributed by atoms with E-state index < -0.39 is 5.82 Å². The lowest BCUT2D eigenvalue weighted by Crippen LogP contribution is -2.61. The number of anilines is 2. The number of fused-ring (bicyclic) bond motifs is 3. The number of benzene rings is 2. The number of likely N-dealkylation sites (N-methyl/N-ethyl adjacent to an activating group) is 1. The van der Waals surface area contributed by atoms with Crippen LogP contribution < -0.4 is 14.8 Å². The number of aromatic nitrogens is 2. The number of halogens is 2. The molecule has 3 aromatic rings. The van der Waals surface area contributed by atoms with Crippen LogP contribution in [0.25, 0.3) is 10.9 Å². The summed E-state index contributed by atoms with van der Waals surface area (Å²) >= 11 is 6.13. The molecule has 3 unspecified atom stereocenters. The van der Waals surface area contributed by atoms with Gasteiger partial charge in [-0.3, -0.25) is 9.69 Å². The van der Waals surface area contributed by atoms with Crippen molar-refractivity contribution in [2.45, 2.75) is 38.3 Å². The number of hydrogen-bond donors (Lipinski definition) is 1. The summed E-state index contributed by atoms with van der Waals surface area (Å²) in [5.41, 5.74) is 1.51. The van der Waals surface area contributed by atoms with E-state index in [4.69, 9.17) is 21.1 Å². The first-order valence-electron chi connectivity index (χ1n) is 13.7. The molecule has 2 aromatic carbocycles. The Kier molecular flexibility index (Phi) is 7.27. The first kappa shape index (κ1) is 26.8. The maximum atomic E-state index is 14.8. The van der Waals surface area contributed by atoms with Crippen LogP contribution in [0.5, 0.6) is 11.5 Å². The van der Waals surface area contributed by atoms with Crippen molar-refractivity contribution in [3.63, 3.8) is 0 Å². The molecule has 2 bridgehead atoms. The van der Waals surface area contributed by atoms with Gasteiger partial charge < -0.3 is 19.7 Å². The van der Waals surface area contributed by atoms with Crippen molar-refractivity contribution < 1.29 is 18.7 Å². The molecule has 1 saturated carbocycles. The van der Waals surface area contributed by atoms with Crippen molar-refractivity contribution >= 4 is 39.9 Å². The first-order chi connectivity index (χ1) is 19.3. The zero-order valence-corrected chi connectivity index (χ0v) is 23.6. The van der Waals surface area contributed by atoms with E-state index in [1.54, 1.807) is 38.3 Å². The average molecular weight is 566 g/mol. The minimum absolute atomic E-state index is 0.0188.